The van der Waals surface area contributed by atoms with Gasteiger partial charge < -0.3 is 15.3 Å². The van der Waals surface area contributed by atoms with E-state index in [0.717, 1.165) is 38.8 Å². The van der Waals surface area contributed by atoms with Crippen LogP contribution >= 0.6 is 0 Å². The second-order valence-electron chi connectivity index (χ2n) is 6.94. The Hall–Kier alpha value is -1.10. The molecule has 2 heterocycles. The number of aliphatic carboxylic acids is 1. The molecular formula is C16H28N2O3. The summed E-state index contributed by atoms with van der Waals surface area (Å²) in [7, 11) is 0. The monoisotopic (exact) mass is 296 g/mol. The van der Waals surface area contributed by atoms with Crippen LogP contribution in [0.15, 0.2) is 0 Å². The maximum absolute atomic E-state index is 13.0. The number of rotatable bonds is 4. The van der Waals surface area contributed by atoms with Gasteiger partial charge in [-0.3, -0.25) is 9.59 Å². The van der Waals surface area contributed by atoms with Gasteiger partial charge in [0.2, 0.25) is 5.91 Å². The van der Waals surface area contributed by atoms with Crippen LogP contribution in [0.3, 0.4) is 0 Å². The number of carboxylic acids is 1. The molecule has 21 heavy (non-hydrogen) atoms. The molecule has 2 fully saturated rings. The minimum atomic E-state index is -0.736. The number of amides is 1. The third kappa shape index (κ3) is 3.23. The average molecular weight is 296 g/mol. The van der Waals surface area contributed by atoms with E-state index in [2.05, 4.69) is 12.2 Å². The summed E-state index contributed by atoms with van der Waals surface area (Å²) >= 11 is 0. The number of hydrogen-bond acceptors (Lipinski definition) is 3. The highest BCUT2D eigenvalue weighted by atomic mass is 16.4. The SMILES string of the molecule is CCCC1(C(=O)N2CCC(C)(C(=O)O)CC2)CCNCC1. The molecule has 120 valence electrons. The van der Waals surface area contributed by atoms with E-state index in [0.29, 0.717) is 25.9 Å². The summed E-state index contributed by atoms with van der Waals surface area (Å²) in [5.41, 5.74) is -0.875. The van der Waals surface area contributed by atoms with Gasteiger partial charge >= 0.3 is 5.97 Å². The van der Waals surface area contributed by atoms with Gasteiger partial charge in [0.1, 0.15) is 0 Å². The maximum atomic E-state index is 13.0. The van der Waals surface area contributed by atoms with Crippen molar-refractivity contribution in [2.24, 2.45) is 10.8 Å². The number of likely N-dealkylation sites (tertiary alicyclic amines) is 1. The molecule has 2 rings (SSSR count). The van der Waals surface area contributed by atoms with Crippen LogP contribution in [0, 0.1) is 10.8 Å². The smallest absolute Gasteiger partial charge is 0.309 e. The molecule has 0 unspecified atom stereocenters. The zero-order valence-electron chi connectivity index (χ0n) is 13.3. The number of carbonyl (C=O) groups is 2. The van der Waals surface area contributed by atoms with E-state index in [9.17, 15) is 14.7 Å². The number of carboxylic acid groups (broad SMARTS) is 1. The molecule has 0 radical (unpaired) electrons. The van der Waals surface area contributed by atoms with E-state index in [1.54, 1.807) is 6.92 Å². The Morgan fingerprint density at radius 1 is 1.14 bits per heavy atom. The van der Waals surface area contributed by atoms with Crippen molar-refractivity contribution in [3.63, 3.8) is 0 Å². The molecule has 2 aliphatic heterocycles. The Kier molecular flexibility index (Phi) is 4.91. The lowest BCUT2D eigenvalue weighted by atomic mass is 9.73. The molecule has 0 bridgehead atoms. The topological polar surface area (TPSA) is 69.6 Å². The lowest BCUT2D eigenvalue weighted by Crippen LogP contribution is -2.53. The number of piperidine rings is 2. The Labute approximate surface area is 127 Å². The summed E-state index contributed by atoms with van der Waals surface area (Å²) in [5.74, 6) is -0.474. The summed E-state index contributed by atoms with van der Waals surface area (Å²) in [6, 6.07) is 0. The standard InChI is InChI=1S/C16H28N2O3/c1-3-4-16(5-9-17-10-6-16)13(19)18-11-7-15(2,8-12-18)14(20)21/h17H,3-12H2,1-2H3,(H,20,21). The van der Waals surface area contributed by atoms with Crippen LogP contribution in [0.2, 0.25) is 0 Å². The molecule has 5 nitrogen and oxygen atoms in total. The second-order valence-corrected chi connectivity index (χ2v) is 6.94. The minimum absolute atomic E-state index is 0.211. The molecule has 0 atom stereocenters. The Morgan fingerprint density at radius 3 is 2.19 bits per heavy atom. The van der Waals surface area contributed by atoms with E-state index < -0.39 is 11.4 Å². The molecule has 2 saturated heterocycles. The average Bonchev–Trinajstić information content (AvgIpc) is 2.48. The summed E-state index contributed by atoms with van der Waals surface area (Å²) < 4.78 is 0. The van der Waals surface area contributed by atoms with Gasteiger partial charge in [0.25, 0.3) is 0 Å². The minimum Gasteiger partial charge on any atom is -0.481 e. The van der Waals surface area contributed by atoms with E-state index in [1.807, 2.05) is 4.90 Å². The molecule has 0 aromatic rings. The van der Waals surface area contributed by atoms with E-state index in [1.165, 1.54) is 0 Å². The van der Waals surface area contributed by atoms with Crippen molar-refractivity contribution < 1.29 is 14.7 Å². The predicted molar refractivity (Wildman–Crippen MR) is 81.0 cm³/mol. The second kappa shape index (κ2) is 6.34. The summed E-state index contributed by atoms with van der Waals surface area (Å²) in [4.78, 5) is 26.2. The zero-order chi connectivity index (χ0) is 15.5. The molecule has 1 amide bonds. The first-order chi connectivity index (χ1) is 9.93. The number of hydrogen-bond donors (Lipinski definition) is 2. The molecule has 0 aromatic heterocycles. The van der Waals surface area contributed by atoms with Gasteiger partial charge in [-0.2, -0.15) is 0 Å². The van der Waals surface area contributed by atoms with Crippen molar-refractivity contribution in [1.82, 2.24) is 10.2 Å². The Bertz CT molecular complexity index is 389. The van der Waals surface area contributed by atoms with Crippen molar-refractivity contribution in [3.05, 3.63) is 0 Å². The Balaban J connectivity index is 2.04. The highest BCUT2D eigenvalue weighted by Crippen LogP contribution is 2.39. The van der Waals surface area contributed by atoms with Gasteiger partial charge in [0, 0.05) is 13.1 Å². The summed E-state index contributed by atoms with van der Waals surface area (Å²) in [5, 5.41) is 12.6. The molecule has 5 heteroatoms. The van der Waals surface area contributed by atoms with Crippen molar-refractivity contribution in [3.8, 4) is 0 Å². The van der Waals surface area contributed by atoms with E-state index >= 15 is 0 Å². The largest absolute Gasteiger partial charge is 0.481 e. The van der Waals surface area contributed by atoms with Crippen molar-refractivity contribution in [2.75, 3.05) is 26.2 Å². The first kappa shape index (κ1) is 16.3. The van der Waals surface area contributed by atoms with E-state index in [-0.39, 0.29) is 11.3 Å². The summed E-state index contributed by atoms with van der Waals surface area (Å²) in [6.07, 6.45) is 4.91. The highest BCUT2D eigenvalue weighted by molar-refractivity contribution is 5.83. The van der Waals surface area contributed by atoms with Gasteiger partial charge in [0.15, 0.2) is 0 Å². The van der Waals surface area contributed by atoms with Crippen LogP contribution in [0.4, 0.5) is 0 Å². The lowest BCUT2D eigenvalue weighted by molar-refractivity contribution is -0.156. The van der Waals surface area contributed by atoms with Gasteiger partial charge in [-0.1, -0.05) is 13.3 Å². The molecule has 0 spiro atoms. The molecule has 2 N–H and O–H groups in total. The molecular weight excluding hydrogens is 268 g/mol. The fourth-order valence-electron chi connectivity index (χ4n) is 3.71. The first-order valence-electron chi connectivity index (χ1n) is 8.17. The molecule has 0 aromatic carbocycles. The van der Waals surface area contributed by atoms with Gasteiger partial charge in [-0.05, 0) is 52.1 Å². The summed E-state index contributed by atoms with van der Waals surface area (Å²) in [6.45, 7) is 6.91. The fourth-order valence-corrected chi connectivity index (χ4v) is 3.71. The van der Waals surface area contributed by atoms with Crippen molar-refractivity contribution >= 4 is 11.9 Å². The maximum Gasteiger partial charge on any atom is 0.309 e. The normalized spacial score (nSPS) is 24.6. The number of nitrogens with one attached hydrogen (secondary N) is 1. The third-order valence-electron chi connectivity index (χ3n) is 5.41. The number of nitrogens with zero attached hydrogens (tertiary/aromatic N) is 1. The van der Waals surface area contributed by atoms with Gasteiger partial charge in [-0.15, -0.1) is 0 Å². The first-order valence-corrected chi connectivity index (χ1v) is 8.17. The Morgan fingerprint density at radius 2 is 1.71 bits per heavy atom. The van der Waals surface area contributed by atoms with Crippen LogP contribution in [0.25, 0.3) is 0 Å². The lowest BCUT2D eigenvalue weighted by Gasteiger charge is -2.43. The van der Waals surface area contributed by atoms with Crippen LogP contribution in [0.1, 0.15) is 52.4 Å². The zero-order valence-corrected chi connectivity index (χ0v) is 13.3. The van der Waals surface area contributed by atoms with Crippen LogP contribution in [-0.2, 0) is 9.59 Å². The van der Waals surface area contributed by atoms with Crippen molar-refractivity contribution in [1.29, 1.82) is 0 Å². The molecule has 0 aliphatic carbocycles. The van der Waals surface area contributed by atoms with Crippen LogP contribution in [0.5, 0.6) is 0 Å². The van der Waals surface area contributed by atoms with Crippen LogP contribution in [-0.4, -0.2) is 48.1 Å². The van der Waals surface area contributed by atoms with Gasteiger partial charge in [-0.25, -0.2) is 0 Å². The fraction of sp³-hybridized carbons (Fsp3) is 0.875. The predicted octanol–water partition coefficient (Wildman–Crippen LogP) is 1.87. The number of carbonyl (C=O) groups excluding carboxylic acids is 1. The highest BCUT2D eigenvalue weighted by Gasteiger charge is 2.44. The van der Waals surface area contributed by atoms with Crippen LogP contribution < -0.4 is 5.32 Å². The van der Waals surface area contributed by atoms with Crippen molar-refractivity contribution in [2.45, 2.75) is 52.4 Å². The van der Waals surface area contributed by atoms with Gasteiger partial charge in [0.05, 0.1) is 10.8 Å². The molecule has 0 saturated carbocycles. The quantitative estimate of drug-likeness (QED) is 0.831. The third-order valence-corrected chi connectivity index (χ3v) is 5.41. The molecule has 2 aliphatic rings. The van der Waals surface area contributed by atoms with E-state index in [4.69, 9.17) is 0 Å².